The smallest absolute Gasteiger partial charge is 0.241 e. The van der Waals surface area contributed by atoms with Crippen LogP contribution in [0.25, 0.3) is 10.9 Å². The van der Waals surface area contributed by atoms with Gasteiger partial charge < -0.3 is 10.3 Å². The Morgan fingerprint density at radius 1 is 0.941 bits per heavy atom. The summed E-state index contributed by atoms with van der Waals surface area (Å²) in [5.74, 6) is -0.348. The monoisotopic (exact) mass is 539 g/mol. The van der Waals surface area contributed by atoms with Gasteiger partial charge in [-0.25, -0.2) is 8.42 Å². The van der Waals surface area contributed by atoms with Crippen molar-refractivity contribution < 1.29 is 13.2 Å². The lowest BCUT2D eigenvalue weighted by Crippen LogP contribution is -2.48. The van der Waals surface area contributed by atoms with Crippen molar-refractivity contribution in [2.24, 2.45) is 0 Å². The van der Waals surface area contributed by atoms with Crippen LogP contribution in [0, 0.1) is 0 Å². The Morgan fingerprint density at radius 3 is 2.41 bits per heavy atom. The van der Waals surface area contributed by atoms with E-state index in [-0.39, 0.29) is 17.2 Å². The van der Waals surface area contributed by atoms with E-state index in [1.54, 1.807) is 12.1 Å². The molecule has 6 nitrogen and oxygen atoms in total. The summed E-state index contributed by atoms with van der Waals surface area (Å²) in [6.45, 7) is 0.456. The average Bonchev–Trinajstić information content (AvgIpc) is 3.25. The Labute approximate surface area is 208 Å². The number of aryl methyl sites for hydroxylation is 1. The summed E-state index contributed by atoms with van der Waals surface area (Å²) in [5, 5.41) is 3.88. The van der Waals surface area contributed by atoms with Gasteiger partial charge in [0.25, 0.3) is 0 Å². The van der Waals surface area contributed by atoms with Crippen LogP contribution < -0.4 is 10.0 Å². The standard InChI is InChI=1S/C26H26BrN3O3S/c27-21-12-14-22(15-13-21)34(32,33)30-25(17-20-18-29-24-11-5-4-10-23(20)24)26(31)28-16-6-9-19-7-2-1-3-8-19/h1-5,7-8,10-15,18,25,29-30H,6,9,16-17H2,(H,28,31). The SMILES string of the molecule is O=C(NCCCc1ccccc1)C(Cc1c[nH]c2ccccc12)NS(=O)(=O)c1ccc(Br)cc1. The molecule has 8 heteroatoms. The van der Waals surface area contributed by atoms with Crippen molar-refractivity contribution in [1.29, 1.82) is 0 Å². The van der Waals surface area contributed by atoms with Crippen molar-refractivity contribution in [2.75, 3.05) is 6.54 Å². The highest BCUT2D eigenvalue weighted by atomic mass is 79.9. The molecule has 0 aliphatic rings. The molecule has 0 fully saturated rings. The van der Waals surface area contributed by atoms with E-state index in [4.69, 9.17) is 0 Å². The van der Waals surface area contributed by atoms with Crippen molar-refractivity contribution in [3.05, 3.63) is 101 Å². The van der Waals surface area contributed by atoms with Gasteiger partial charge in [-0.1, -0.05) is 64.5 Å². The molecule has 0 spiro atoms. The molecule has 3 aromatic carbocycles. The largest absolute Gasteiger partial charge is 0.361 e. The van der Waals surface area contributed by atoms with Gasteiger partial charge in [-0.15, -0.1) is 0 Å². The van der Waals surface area contributed by atoms with Crippen molar-refractivity contribution in [3.63, 3.8) is 0 Å². The van der Waals surface area contributed by atoms with Gasteiger partial charge in [0.2, 0.25) is 15.9 Å². The van der Waals surface area contributed by atoms with Gasteiger partial charge in [0.15, 0.2) is 0 Å². The third kappa shape index (κ3) is 6.14. The number of benzene rings is 3. The Kier molecular flexibility index (Phi) is 7.82. The molecule has 176 valence electrons. The second-order valence-corrected chi connectivity index (χ2v) is 10.7. The number of fused-ring (bicyclic) bond motifs is 1. The lowest BCUT2D eigenvalue weighted by atomic mass is 10.0. The molecular formula is C26H26BrN3O3S. The van der Waals surface area contributed by atoms with E-state index >= 15 is 0 Å². The molecule has 1 heterocycles. The predicted octanol–water partition coefficient (Wildman–Crippen LogP) is 4.57. The fraction of sp³-hybridized carbons (Fsp3) is 0.192. The number of rotatable bonds is 10. The lowest BCUT2D eigenvalue weighted by molar-refractivity contribution is -0.122. The highest BCUT2D eigenvalue weighted by Crippen LogP contribution is 2.20. The molecule has 0 aliphatic carbocycles. The predicted molar refractivity (Wildman–Crippen MR) is 138 cm³/mol. The topological polar surface area (TPSA) is 91.1 Å². The first-order valence-electron chi connectivity index (χ1n) is 11.1. The van der Waals surface area contributed by atoms with Gasteiger partial charge in [-0.05, 0) is 60.7 Å². The molecule has 0 bridgehead atoms. The van der Waals surface area contributed by atoms with Crippen molar-refractivity contribution in [1.82, 2.24) is 15.0 Å². The van der Waals surface area contributed by atoms with E-state index < -0.39 is 16.1 Å². The third-order valence-corrected chi connectivity index (χ3v) is 7.64. The number of H-pyrrole nitrogens is 1. The first-order valence-corrected chi connectivity index (χ1v) is 13.3. The average molecular weight is 540 g/mol. The highest BCUT2D eigenvalue weighted by Gasteiger charge is 2.26. The molecule has 1 atom stereocenters. The number of halogens is 1. The van der Waals surface area contributed by atoms with Crippen LogP contribution in [0.4, 0.5) is 0 Å². The minimum absolute atomic E-state index is 0.108. The van der Waals surface area contributed by atoms with Crippen LogP contribution in [-0.4, -0.2) is 31.9 Å². The molecule has 1 unspecified atom stereocenters. The van der Waals surface area contributed by atoms with E-state index in [9.17, 15) is 13.2 Å². The zero-order valence-corrected chi connectivity index (χ0v) is 20.9. The van der Waals surface area contributed by atoms with Gasteiger partial charge in [0, 0.05) is 28.1 Å². The molecule has 0 radical (unpaired) electrons. The molecule has 4 rings (SSSR count). The molecule has 3 N–H and O–H groups in total. The molecule has 0 saturated heterocycles. The molecule has 34 heavy (non-hydrogen) atoms. The van der Waals surface area contributed by atoms with Crippen molar-refractivity contribution in [3.8, 4) is 0 Å². The van der Waals surface area contributed by atoms with Crippen LogP contribution in [0.3, 0.4) is 0 Å². The number of para-hydroxylation sites is 1. The number of carbonyl (C=O) groups excluding carboxylic acids is 1. The van der Waals surface area contributed by atoms with Gasteiger partial charge in [0.05, 0.1) is 4.90 Å². The molecular weight excluding hydrogens is 514 g/mol. The normalized spacial score (nSPS) is 12.5. The van der Waals surface area contributed by atoms with Crippen LogP contribution >= 0.6 is 15.9 Å². The Bertz CT molecular complexity index is 1350. The highest BCUT2D eigenvalue weighted by molar-refractivity contribution is 9.10. The minimum Gasteiger partial charge on any atom is -0.361 e. The molecule has 1 aromatic heterocycles. The Hall–Kier alpha value is -2.94. The molecule has 0 aliphatic heterocycles. The molecule has 1 amide bonds. The van der Waals surface area contributed by atoms with Crippen LogP contribution in [0.5, 0.6) is 0 Å². The summed E-state index contributed by atoms with van der Waals surface area (Å²) < 4.78 is 29.5. The van der Waals surface area contributed by atoms with Crippen LogP contribution in [0.2, 0.25) is 0 Å². The zero-order chi connectivity index (χ0) is 24.0. The number of nitrogens with one attached hydrogen (secondary N) is 3. The second-order valence-electron chi connectivity index (χ2n) is 8.07. The summed E-state index contributed by atoms with van der Waals surface area (Å²) in [4.78, 5) is 16.4. The maximum absolute atomic E-state index is 13.1. The van der Waals surface area contributed by atoms with E-state index in [1.165, 1.54) is 17.7 Å². The number of aromatic nitrogens is 1. The first-order chi connectivity index (χ1) is 16.4. The summed E-state index contributed by atoms with van der Waals surface area (Å²) in [6, 6.07) is 23.2. The number of amides is 1. The third-order valence-electron chi connectivity index (χ3n) is 5.62. The Balaban J connectivity index is 1.49. The van der Waals surface area contributed by atoms with Crippen molar-refractivity contribution >= 4 is 42.8 Å². The van der Waals surface area contributed by atoms with E-state index in [2.05, 4.69) is 31.0 Å². The van der Waals surface area contributed by atoms with Crippen LogP contribution in [0.1, 0.15) is 17.5 Å². The number of sulfonamides is 1. The fourth-order valence-electron chi connectivity index (χ4n) is 3.85. The number of aromatic amines is 1. The molecule has 4 aromatic rings. The van der Waals surface area contributed by atoms with E-state index in [1.807, 2.05) is 60.8 Å². The van der Waals surface area contributed by atoms with Gasteiger partial charge >= 0.3 is 0 Å². The van der Waals surface area contributed by atoms with Crippen molar-refractivity contribution in [2.45, 2.75) is 30.2 Å². The van der Waals surface area contributed by atoms with Gasteiger partial charge in [-0.2, -0.15) is 4.72 Å². The van der Waals surface area contributed by atoms with E-state index in [0.717, 1.165) is 33.8 Å². The summed E-state index contributed by atoms with van der Waals surface area (Å²) >= 11 is 3.32. The summed E-state index contributed by atoms with van der Waals surface area (Å²) in [6.07, 6.45) is 3.65. The second kappa shape index (κ2) is 11.0. The zero-order valence-electron chi connectivity index (χ0n) is 18.5. The number of hydrogen-bond donors (Lipinski definition) is 3. The fourth-order valence-corrected chi connectivity index (χ4v) is 5.31. The van der Waals surface area contributed by atoms with Crippen LogP contribution in [0.15, 0.2) is 94.4 Å². The first kappa shape index (κ1) is 24.2. The number of hydrogen-bond acceptors (Lipinski definition) is 3. The van der Waals surface area contributed by atoms with Gasteiger partial charge in [0.1, 0.15) is 6.04 Å². The minimum atomic E-state index is -3.89. The maximum atomic E-state index is 13.1. The summed E-state index contributed by atoms with van der Waals surface area (Å²) in [5.41, 5.74) is 3.01. The maximum Gasteiger partial charge on any atom is 0.241 e. The Morgan fingerprint density at radius 2 is 1.65 bits per heavy atom. The van der Waals surface area contributed by atoms with E-state index in [0.29, 0.717) is 6.54 Å². The molecule has 0 saturated carbocycles. The number of carbonyl (C=O) groups is 1. The van der Waals surface area contributed by atoms with Crippen LogP contribution in [-0.2, 0) is 27.7 Å². The lowest BCUT2D eigenvalue weighted by Gasteiger charge is -2.19. The van der Waals surface area contributed by atoms with Gasteiger partial charge in [-0.3, -0.25) is 4.79 Å². The quantitative estimate of drug-likeness (QED) is 0.258. The summed E-state index contributed by atoms with van der Waals surface area (Å²) in [7, 11) is -3.89.